The molecular formula is C11H16O7-2. The van der Waals surface area contributed by atoms with E-state index >= 15 is 0 Å². The highest BCUT2D eigenvalue weighted by Gasteiger charge is 2.10. The Kier molecular flexibility index (Phi) is 8.55. The number of carbonyl (C=O) groups excluding carboxylic acids is 3. The first-order chi connectivity index (χ1) is 8.49. The molecule has 0 saturated heterocycles. The molecule has 0 aromatic heterocycles. The largest absolute Gasteiger partial charge is 0.549 e. The lowest BCUT2D eigenvalue weighted by atomic mass is 10.0. The number of hydrogen-bond acceptors (Lipinski definition) is 7. The fraction of sp³-hybridized carbons (Fsp3) is 0.727. The van der Waals surface area contributed by atoms with E-state index < -0.39 is 23.8 Å². The van der Waals surface area contributed by atoms with Gasteiger partial charge in [0.2, 0.25) is 0 Å². The van der Waals surface area contributed by atoms with Gasteiger partial charge in [-0.25, -0.2) is 4.79 Å². The van der Waals surface area contributed by atoms with Crippen molar-refractivity contribution in [1.82, 2.24) is 0 Å². The Bertz CT molecular complexity index is 273. The second-order valence-corrected chi connectivity index (χ2v) is 3.54. The molecule has 104 valence electrons. The molecule has 0 radical (unpaired) electrons. The normalized spacial score (nSPS) is 10.3. The Morgan fingerprint density at radius 3 is 2.22 bits per heavy atom. The third-order valence-corrected chi connectivity index (χ3v) is 2.13. The van der Waals surface area contributed by atoms with Gasteiger partial charge < -0.3 is 29.3 Å². The summed E-state index contributed by atoms with van der Waals surface area (Å²) in [6.07, 6.45) is 0.694. The van der Waals surface area contributed by atoms with E-state index in [0.717, 1.165) is 0 Å². The summed E-state index contributed by atoms with van der Waals surface area (Å²) in [6, 6.07) is 0. The van der Waals surface area contributed by atoms with E-state index in [4.69, 9.17) is 4.74 Å². The number of carbonyl (C=O) groups is 3. The highest BCUT2D eigenvalue weighted by Crippen LogP contribution is 2.07. The molecule has 0 rings (SSSR count). The molecule has 0 aromatic carbocycles. The number of carboxylic acid groups (broad SMARTS) is 2. The fourth-order valence-corrected chi connectivity index (χ4v) is 1.24. The zero-order valence-corrected chi connectivity index (χ0v) is 10.2. The molecule has 0 atom stereocenters. The number of esters is 1. The van der Waals surface area contributed by atoms with Crippen molar-refractivity contribution in [3.8, 4) is 0 Å². The lowest BCUT2D eigenvalue weighted by molar-refractivity contribution is -0.332. The molecule has 18 heavy (non-hydrogen) atoms. The Balaban J connectivity index is 3.58. The fourth-order valence-electron chi connectivity index (χ4n) is 1.24. The van der Waals surface area contributed by atoms with Crippen molar-refractivity contribution in [3.05, 3.63) is 0 Å². The molecule has 0 saturated carbocycles. The van der Waals surface area contributed by atoms with Crippen LogP contribution in [0.4, 0.5) is 0 Å². The lowest BCUT2D eigenvalue weighted by Crippen LogP contribution is -2.43. The average molecular weight is 260 g/mol. The minimum atomic E-state index is -1.65. The summed E-state index contributed by atoms with van der Waals surface area (Å²) >= 11 is 0. The van der Waals surface area contributed by atoms with Crippen LogP contribution in [0.15, 0.2) is 0 Å². The smallest absolute Gasteiger partial charge is 0.332 e. The lowest BCUT2D eigenvalue weighted by Gasteiger charge is -2.18. The van der Waals surface area contributed by atoms with Crippen LogP contribution in [-0.4, -0.2) is 37.7 Å². The van der Waals surface area contributed by atoms with Gasteiger partial charge in [-0.1, -0.05) is 6.42 Å². The van der Waals surface area contributed by atoms with Gasteiger partial charge in [-0.2, -0.15) is 0 Å². The van der Waals surface area contributed by atoms with Gasteiger partial charge in [0.15, 0.2) is 0 Å². The topological polar surface area (TPSA) is 116 Å². The van der Waals surface area contributed by atoms with Gasteiger partial charge in [-0.15, -0.1) is 0 Å². The van der Waals surface area contributed by atoms with Gasteiger partial charge in [0.25, 0.3) is 0 Å². The van der Waals surface area contributed by atoms with Crippen molar-refractivity contribution in [2.75, 3.05) is 19.8 Å². The standard InChI is InChI=1S/C11H18O7/c1-2-18-9(12)7-17-6-4-3-5-8(10(13)14)11(15)16/h8H,2-7H2,1H3,(H,13,14)(H,15,16)/p-2. The first-order valence-corrected chi connectivity index (χ1v) is 5.64. The third kappa shape index (κ3) is 7.61. The van der Waals surface area contributed by atoms with Crippen molar-refractivity contribution < 1.29 is 34.1 Å². The number of carboxylic acids is 2. The van der Waals surface area contributed by atoms with Gasteiger partial charge in [0, 0.05) is 12.5 Å². The molecule has 0 bridgehead atoms. The molecule has 7 heteroatoms. The Labute approximate surface area is 105 Å². The van der Waals surface area contributed by atoms with Crippen molar-refractivity contribution >= 4 is 17.9 Å². The molecule has 0 N–H and O–H groups in total. The number of ether oxygens (including phenoxy) is 2. The van der Waals surface area contributed by atoms with Crippen molar-refractivity contribution in [2.45, 2.75) is 26.2 Å². The van der Waals surface area contributed by atoms with E-state index in [9.17, 15) is 24.6 Å². The minimum absolute atomic E-state index is 0.0760. The SMILES string of the molecule is CCOC(=O)COCCCCC(C(=O)[O-])C(=O)[O-]. The van der Waals surface area contributed by atoms with Gasteiger partial charge in [-0.05, 0) is 19.8 Å². The highest BCUT2D eigenvalue weighted by molar-refractivity contribution is 5.90. The molecule has 0 aromatic rings. The Hall–Kier alpha value is -1.63. The number of hydrogen-bond donors (Lipinski definition) is 0. The molecule has 0 aliphatic rings. The molecule has 0 fully saturated rings. The number of unbranched alkanes of at least 4 members (excludes halogenated alkanes) is 1. The summed E-state index contributed by atoms with van der Waals surface area (Å²) in [7, 11) is 0. The summed E-state index contributed by atoms with van der Waals surface area (Å²) in [6.45, 7) is 2.02. The van der Waals surface area contributed by atoms with Crippen LogP contribution in [0.3, 0.4) is 0 Å². The van der Waals surface area contributed by atoms with Gasteiger partial charge in [-0.3, -0.25) is 0 Å². The molecule has 7 nitrogen and oxygen atoms in total. The molecule has 0 spiro atoms. The van der Waals surface area contributed by atoms with Crippen LogP contribution in [0.25, 0.3) is 0 Å². The molecule has 0 aliphatic carbocycles. The van der Waals surface area contributed by atoms with E-state index in [1.807, 2.05) is 0 Å². The second kappa shape index (κ2) is 9.41. The van der Waals surface area contributed by atoms with Crippen molar-refractivity contribution in [2.24, 2.45) is 5.92 Å². The van der Waals surface area contributed by atoms with Crippen molar-refractivity contribution in [3.63, 3.8) is 0 Å². The van der Waals surface area contributed by atoms with Gasteiger partial charge in [0.05, 0.1) is 18.5 Å². The van der Waals surface area contributed by atoms with Gasteiger partial charge >= 0.3 is 5.97 Å². The molecule has 0 heterocycles. The van der Waals surface area contributed by atoms with Crippen molar-refractivity contribution in [1.29, 1.82) is 0 Å². The molecule has 0 unspecified atom stereocenters. The maximum absolute atomic E-state index is 10.8. The van der Waals surface area contributed by atoms with E-state index in [0.29, 0.717) is 12.8 Å². The predicted octanol–water partition coefficient (Wildman–Crippen LogP) is -2.15. The summed E-state index contributed by atoms with van der Waals surface area (Å²) in [5.41, 5.74) is 0. The van der Waals surface area contributed by atoms with Crippen LogP contribution in [0.5, 0.6) is 0 Å². The first kappa shape index (κ1) is 16.4. The van der Waals surface area contributed by atoms with Crippen LogP contribution in [0.2, 0.25) is 0 Å². The molecule has 0 amide bonds. The van der Waals surface area contributed by atoms with E-state index in [1.54, 1.807) is 6.92 Å². The van der Waals surface area contributed by atoms with Crippen LogP contribution in [0.1, 0.15) is 26.2 Å². The van der Waals surface area contributed by atoms with E-state index in [2.05, 4.69) is 4.74 Å². The quantitative estimate of drug-likeness (QED) is 0.250. The summed E-state index contributed by atoms with van der Waals surface area (Å²) in [5.74, 6) is -5.38. The second-order valence-electron chi connectivity index (χ2n) is 3.54. The van der Waals surface area contributed by atoms with Crippen LogP contribution in [-0.2, 0) is 23.9 Å². The Morgan fingerprint density at radius 2 is 1.72 bits per heavy atom. The zero-order chi connectivity index (χ0) is 14.0. The maximum Gasteiger partial charge on any atom is 0.332 e. The molecular weight excluding hydrogens is 244 g/mol. The summed E-state index contributed by atoms with van der Waals surface area (Å²) in [5, 5.41) is 20.8. The average Bonchev–Trinajstić information content (AvgIpc) is 2.27. The number of aliphatic carboxylic acids is 2. The summed E-state index contributed by atoms with van der Waals surface area (Å²) < 4.78 is 9.56. The van der Waals surface area contributed by atoms with Crippen LogP contribution >= 0.6 is 0 Å². The Morgan fingerprint density at radius 1 is 1.11 bits per heavy atom. The first-order valence-electron chi connectivity index (χ1n) is 5.64. The van der Waals surface area contributed by atoms with E-state index in [-0.39, 0.29) is 26.2 Å². The summed E-state index contributed by atoms with van der Waals surface area (Å²) in [4.78, 5) is 31.6. The van der Waals surface area contributed by atoms with Crippen LogP contribution in [0, 0.1) is 5.92 Å². The minimum Gasteiger partial charge on any atom is -0.549 e. The highest BCUT2D eigenvalue weighted by atomic mass is 16.6. The molecule has 0 aliphatic heterocycles. The van der Waals surface area contributed by atoms with Crippen LogP contribution < -0.4 is 10.2 Å². The zero-order valence-electron chi connectivity index (χ0n) is 10.2. The van der Waals surface area contributed by atoms with Gasteiger partial charge in [0.1, 0.15) is 6.61 Å². The van der Waals surface area contributed by atoms with E-state index in [1.165, 1.54) is 0 Å². The third-order valence-electron chi connectivity index (χ3n) is 2.13. The monoisotopic (exact) mass is 260 g/mol. The maximum atomic E-state index is 10.8. The predicted molar refractivity (Wildman–Crippen MR) is 54.8 cm³/mol. The number of rotatable bonds is 10.